The van der Waals surface area contributed by atoms with E-state index in [1.165, 1.54) is 5.56 Å². The summed E-state index contributed by atoms with van der Waals surface area (Å²) < 4.78 is 2.12. The van der Waals surface area contributed by atoms with Crippen LogP contribution < -0.4 is 5.32 Å². The molecule has 0 saturated heterocycles. The maximum atomic E-state index is 5.87. The molecule has 0 spiro atoms. The van der Waals surface area contributed by atoms with Crippen LogP contribution in [0.5, 0.6) is 0 Å². The Labute approximate surface area is 119 Å². The van der Waals surface area contributed by atoms with E-state index in [-0.39, 0.29) is 5.41 Å². The summed E-state index contributed by atoms with van der Waals surface area (Å²) in [7, 11) is 0. The van der Waals surface area contributed by atoms with Crippen LogP contribution in [0.3, 0.4) is 0 Å². The summed E-state index contributed by atoms with van der Waals surface area (Å²) >= 11 is 5.87. The van der Waals surface area contributed by atoms with Crippen molar-refractivity contribution in [1.29, 1.82) is 0 Å². The van der Waals surface area contributed by atoms with Gasteiger partial charge in [0.2, 0.25) is 0 Å². The molecule has 0 saturated carbocycles. The number of nitrogens with zero attached hydrogens (tertiary/aromatic N) is 2. The lowest BCUT2D eigenvalue weighted by Gasteiger charge is -2.25. The summed E-state index contributed by atoms with van der Waals surface area (Å²) in [5, 5.41) is 4.28. The van der Waals surface area contributed by atoms with E-state index in [0.29, 0.717) is 0 Å². The summed E-state index contributed by atoms with van der Waals surface area (Å²) in [6.07, 6.45) is 5.68. The van der Waals surface area contributed by atoms with E-state index in [0.717, 1.165) is 24.7 Å². The second-order valence-electron chi connectivity index (χ2n) is 5.63. The minimum Gasteiger partial charge on any atom is -0.337 e. The second-order valence-corrected chi connectivity index (χ2v) is 6.07. The van der Waals surface area contributed by atoms with E-state index in [4.69, 9.17) is 11.6 Å². The number of halogens is 1. The molecule has 2 rings (SSSR count). The maximum absolute atomic E-state index is 5.87. The van der Waals surface area contributed by atoms with Gasteiger partial charge in [-0.25, -0.2) is 4.98 Å². The highest BCUT2D eigenvalue weighted by molar-refractivity contribution is 6.30. The highest BCUT2D eigenvalue weighted by Gasteiger charge is 2.17. The van der Waals surface area contributed by atoms with Crippen molar-refractivity contribution in [2.75, 3.05) is 6.54 Å². The smallest absolute Gasteiger partial charge is 0.0946 e. The highest BCUT2D eigenvalue weighted by Crippen LogP contribution is 2.17. The molecule has 1 aromatic carbocycles. The zero-order chi connectivity index (χ0) is 13.7. The van der Waals surface area contributed by atoms with Crippen molar-refractivity contribution in [3.8, 4) is 0 Å². The monoisotopic (exact) mass is 277 g/mol. The van der Waals surface area contributed by atoms with E-state index in [2.05, 4.69) is 40.8 Å². The molecule has 1 N–H and O–H groups in total. The minimum absolute atomic E-state index is 0.188. The Hall–Kier alpha value is -1.32. The quantitative estimate of drug-likeness (QED) is 0.877. The Balaban J connectivity index is 1.79. The molecule has 0 aliphatic heterocycles. The van der Waals surface area contributed by atoms with Crippen LogP contribution in [-0.2, 0) is 13.1 Å². The van der Waals surface area contributed by atoms with Crippen molar-refractivity contribution in [2.45, 2.75) is 26.9 Å². The van der Waals surface area contributed by atoms with E-state index >= 15 is 0 Å². The minimum atomic E-state index is 0.188. The van der Waals surface area contributed by atoms with Crippen LogP contribution in [0.4, 0.5) is 0 Å². The number of hydrogen-bond acceptors (Lipinski definition) is 2. The zero-order valence-corrected chi connectivity index (χ0v) is 12.2. The Bertz CT molecular complexity index is 489. The average molecular weight is 278 g/mol. The van der Waals surface area contributed by atoms with Gasteiger partial charge in [-0.05, 0) is 23.1 Å². The normalized spacial score (nSPS) is 11.7. The molecule has 1 heterocycles. The standard InChI is InChI=1S/C15H20ClN3/c1-15(2,11-19-8-7-17-12-19)10-18-9-13-3-5-14(16)6-4-13/h3-8,12,18H,9-11H2,1-2H3. The molecule has 0 unspecified atom stereocenters. The number of hydrogen-bond donors (Lipinski definition) is 1. The lowest BCUT2D eigenvalue weighted by Crippen LogP contribution is -2.32. The number of aromatic nitrogens is 2. The van der Waals surface area contributed by atoms with Gasteiger partial charge in [0, 0.05) is 37.1 Å². The van der Waals surface area contributed by atoms with E-state index in [1.807, 2.05) is 30.9 Å². The van der Waals surface area contributed by atoms with Crippen LogP contribution in [-0.4, -0.2) is 16.1 Å². The fraction of sp³-hybridized carbons (Fsp3) is 0.400. The molecule has 0 aliphatic carbocycles. The molecule has 0 aliphatic rings. The highest BCUT2D eigenvalue weighted by atomic mass is 35.5. The first-order chi connectivity index (χ1) is 9.05. The maximum Gasteiger partial charge on any atom is 0.0946 e. The number of nitrogens with one attached hydrogen (secondary N) is 1. The molecule has 0 radical (unpaired) electrons. The van der Waals surface area contributed by atoms with Crippen LogP contribution >= 0.6 is 11.6 Å². The molecule has 0 fully saturated rings. The first kappa shape index (κ1) is 14.1. The van der Waals surface area contributed by atoms with Crippen molar-refractivity contribution < 1.29 is 0 Å². The molecule has 1 aromatic heterocycles. The molecular formula is C15H20ClN3. The molecule has 2 aromatic rings. The fourth-order valence-corrected chi connectivity index (χ4v) is 2.20. The summed E-state index contributed by atoms with van der Waals surface area (Å²) in [5.74, 6) is 0. The van der Waals surface area contributed by atoms with E-state index in [9.17, 15) is 0 Å². The number of rotatable bonds is 6. The molecular weight excluding hydrogens is 258 g/mol. The topological polar surface area (TPSA) is 29.9 Å². The SMILES string of the molecule is CC(C)(CNCc1ccc(Cl)cc1)Cn1ccnc1. The summed E-state index contributed by atoms with van der Waals surface area (Å²) in [5.41, 5.74) is 1.44. The van der Waals surface area contributed by atoms with Gasteiger partial charge in [-0.1, -0.05) is 37.6 Å². The average Bonchev–Trinajstić information content (AvgIpc) is 2.83. The van der Waals surface area contributed by atoms with Crippen LogP contribution in [0, 0.1) is 5.41 Å². The van der Waals surface area contributed by atoms with Crippen molar-refractivity contribution >= 4 is 11.6 Å². The van der Waals surface area contributed by atoms with Crippen molar-refractivity contribution in [1.82, 2.24) is 14.9 Å². The molecule has 19 heavy (non-hydrogen) atoms. The Morgan fingerprint density at radius 1 is 1.26 bits per heavy atom. The summed E-state index contributed by atoms with van der Waals surface area (Å²) in [6, 6.07) is 7.96. The van der Waals surface area contributed by atoms with Crippen LogP contribution in [0.25, 0.3) is 0 Å². The van der Waals surface area contributed by atoms with Crippen LogP contribution in [0.2, 0.25) is 5.02 Å². The third-order valence-electron chi connectivity index (χ3n) is 3.02. The van der Waals surface area contributed by atoms with Crippen molar-refractivity contribution in [3.05, 3.63) is 53.6 Å². The van der Waals surface area contributed by atoms with E-state index in [1.54, 1.807) is 0 Å². The van der Waals surface area contributed by atoms with Gasteiger partial charge in [0.1, 0.15) is 0 Å². The molecule has 102 valence electrons. The third-order valence-corrected chi connectivity index (χ3v) is 3.27. The molecule has 0 atom stereocenters. The van der Waals surface area contributed by atoms with Crippen molar-refractivity contribution in [2.24, 2.45) is 5.41 Å². The molecule has 0 amide bonds. The Morgan fingerprint density at radius 3 is 2.63 bits per heavy atom. The first-order valence-corrected chi connectivity index (χ1v) is 6.84. The Morgan fingerprint density at radius 2 is 2.00 bits per heavy atom. The van der Waals surface area contributed by atoms with Gasteiger partial charge < -0.3 is 9.88 Å². The predicted octanol–water partition coefficient (Wildman–Crippen LogP) is 3.35. The number of imidazole rings is 1. The molecule has 3 nitrogen and oxygen atoms in total. The zero-order valence-electron chi connectivity index (χ0n) is 11.4. The largest absolute Gasteiger partial charge is 0.337 e. The second kappa shape index (κ2) is 6.22. The van der Waals surface area contributed by atoms with Gasteiger partial charge in [0.15, 0.2) is 0 Å². The third kappa shape index (κ3) is 4.69. The fourth-order valence-electron chi connectivity index (χ4n) is 2.08. The first-order valence-electron chi connectivity index (χ1n) is 6.46. The van der Waals surface area contributed by atoms with Gasteiger partial charge in [-0.2, -0.15) is 0 Å². The van der Waals surface area contributed by atoms with E-state index < -0.39 is 0 Å². The Kier molecular flexibility index (Phi) is 4.61. The van der Waals surface area contributed by atoms with Gasteiger partial charge in [-0.3, -0.25) is 0 Å². The number of benzene rings is 1. The lowest BCUT2D eigenvalue weighted by atomic mass is 9.93. The van der Waals surface area contributed by atoms with Gasteiger partial charge in [0.25, 0.3) is 0 Å². The molecule has 4 heteroatoms. The van der Waals surface area contributed by atoms with Crippen molar-refractivity contribution in [3.63, 3.8) is 0 Å². The predicted molar refractivity (Wildman–Crippen MR) is 79.2 cm³/mol. The van der Waals surface area contributed by atoms with Crippen LogP contribution in [0.15, 0.2) is 43.0 Å². The van der Waals surface area contributed by atoms with Gasteiger partial charge in [-0.15, -0.1) is 0 Å². The van der Waals surface area contributed by atoms with Gasteiger partial charge >= 0.3 is 0 Å². The summed E-state index contributed by atoms with van der Waals surface area (Å²) in [4.78, 5) is 4.07. The van der Waals surface area contributed by atoms with Gasteiger partial charge in [0.05, 0.1) is 6.33 Å². The lowest BCUT2D eigenvalue weighted by molar-refractivity contribution is 0.288. The van der Waals surface area contributed by atoms with Crippen LogP contribution in [0.1, 0.15) is 19.4 Å². The molecule has 0 bridgehead atoms. The summed E-state index contributed by atoms with van der Waals surface area (Å²) in [6.45, 7) is 7.28.